The molecule has 0 aromatic heterocycles. The Morgan fingerprint density at radius 1 is 1.33 bits per heavy atom. The van der Waals surface area contributed by atoms with E-state index in [9.17, 15) is 4.21 Å². The van der Waals surface area contributed by atoms with Crippen LogP contribution in [0.1, 0.15) is 26.3 Å². The molecular formula is C11H15NO2S. The minimum absolute atomic E-state index is 0.154. The fraction of sp³-hybridized carbons (Fsp3) is 0.455. The molecule has 0 spiro atoms. The molecule has 1 aromatic carbocycles. The van der Waals surface area contributed by atoms with Crippen molar-refractivity contribution in [1.82, 2.24) is 4.31 Å². The van der Waals surface area contributed by atoms with Gasteiger partial charge in [-0.25, -0.2) is 0 Å². The SMILES string of the molecule is CC(C)(C)N1Cc2ccccc2OS1=O. The van der Waals surface area contributed by atoms with Gasteiger partial charge in [-0.2, -0.15) is 8.51 Å². The van der Waals surface area contributed by atoms with Crippen LogP contribution in [-0.2, 0) is 17.8 Å². The van der Waals surface area contributed by atoms with Crippen LogP contribution < -0.4 is 4.18 Å². The lowest BCUT2D eigenvalue weighted by atomic mass is 10.1. The number of benzene rings is 1. The Morgan fingerprint density at radius 3 is 2.67 bits per heavy atom. The first-order valence-electron chi connectivity index (χ1n) is 4.94. The molecule has 0 saturated heterocycles. The highest BCUT2D eigenvalue weighted by molar-refractivity contribution is 7.78. The molecule has 3 nitrogen and oxygen atoms in total. The number of hydrogen-bond acceptors (Lipinski definition) is 2. The summed E-state index contributed by atoms with van der Waals surface area (Å²) in [7, 11) is 0. The molecular weight excluding hydrogens is 210 g/mol. The lowest BCUT2D eigenvalue weighted by Crippen LogP contribution is -2.45. The van der Waals surface area contributed by atoms with E-state index in [-0.39, 0.29) is 5.54 Å². The topological polar surface area (TPSA) is 29.5 Å². The average Bonchev–Trinajstić information content (AvgIpc) is 2.15. The van der Waals surface area contributed by atoms with Crippen molar-refractivity contribution in [3.63, 3.8) is 0 Å². The number of fused-ring (bicyclic) bond motifs is 1. The number of nitrogens with zero attached hydrogens (tertiary/aromatic N) is 1. The molecule has 2 rings (SSSR count). The van der Waals surface area contributed by atoms with E-state index in [0.717, 1.165) is 11.3 Å². The van der Waals surface area contributed by atoms with Gasteiger partial charge in [-0.15, -0.1) is 0 Å². The first kappa shape index (κ1) is 10.6. The molecule has 0 N–H and O–H groups in total. The van der Waals surface area contributed by atoms with Gasteiger partial charge in [-0.1, -0.05) is 18.2 Å². The summed E-state index contributed by atoms with van der Waals surface area (Å²) in [6.45, 7) is 6.76. The van der Waals surface area contributed by atoms with Gasteiger partial charge in [0.2, 0.25) is 0 Å². The molecule has 82 valence electrons. The molecule has 1 aliphatic heterocycles. The van der Waals surface area contributed by atoms with Crippen molar-refractivity contribution in [2.75, 3.05) is 0 Å². The standard InChI is InChI=1S/C11H15NO2S/c1-11(2,3)12-8-9-6-4-5-7-10(9)14-15(12)13/h4-7H,8H2,1-3H3. The van der Waals surface area contributed by atoms with Gasteiger partial charge >= 0.3 is 0 Å². The Labute approximate surface area is 92.8 Å². The number of hydrogen-bond donors (Lipinski definition) is 0. The van der Waals surface area contributed by atoms with Crippen LogP contribution in [0.15, 0.2) is 24.3 Å². The van der Waals surface area contributed by atoms with E-state index >= 15 is 0 Å². The predicted octanol–water partition coefficient (Wildman–Crippen LogP) is 2.26. The van der Waals surface area contributed by atoms with Crippen LogP contribution in [0.25, 0.3) is 0 Å². The summed E-state index contributed by atoms with van der Waals surface area (Å²) < 4.78 is 19.0. The molecule has 1 atom stereocenters. The van der Waals surface area contributed by atoms with Gasteiger partial charge < -0.3 is 4.18 Å². The van der Waals surface area contributed by atoms with Crippen molar-refractivity contribution in [3.05, 3.63) is 29.8 Å². The van der Waals surface area contributed by atoms with Crippen molar-refractivity contribution in [2.24, 2.45) is 0 Å². The van der Waals surface area contributed by atoms with Gasteiger partial charge in [0.25, 0.3) is 11.3 Å². The zero-order valence-electron chi connectivity index (χ0n) is 9.19. The van der Waals surface area contributed by atoms with Gasteiger partial charge in [0, 0.05) is 17.6 Å². The van der Waals surface area contributed by atoms with Crippen LogP contribution in [0.2, 0.25) is 0 Å². The summed E-state index contributed by atoms with van der Waals surface area (Å²) >= 11 is -1.38. The van der Waals surface area contributed by atoms with Crippen LogP contribution in [-0.4, -0.2) is 14.1 Å². The van der Waals surface area contributed by atoms with Crippen molar-refractivity contribution in [3.8, 4) is 5.75 Å². The molecule has 0 radical (unpaired) electrons. The van der Waals surface area contributed by atoms with Gasteiger partial charge in [-0.3, -0.25) is 0 Å². The highest BCUT2D eigenvalue weighted by Crippen LogP contribution is 2.30. The van der Waals surface area contributed by atoms with Crippen molar-refractivity contribution < 1.29 is 8.39 Å². The third-order valence-corrected chi connectivity index (χ3v) is 3.73. The predicted molar refractivity (Wildman–Crippen MR) is 60.5 cm³/mol. The minimum Gasteiger partial charge on any atom is -0.389 e. The third kappa shape index (κ3) is 2.06. The largest absolute Gasteiger partial charge is 0.389 e. The Bertz CT molecular complexity index is 398. The van der Waals surface area contributed by atoms with Gasteiger partial charge in [0.05, 0.1) is 0 Å². The summed E-state index contributed by atoms with van der Waals surface area (Å²) in [5, 5.41) is 0. The summed E-state index contributed by atoms with van der Waals surface area (Å²) in [4.78, 5) is 0. The molecule has 0 aliphatic carbocycles. The van der Waals surface area contributed by atoms with Crippen LogP contribution in [0, 0.1) is 0 Å². The van der Waals surface area contributed by atoms with Crippen molar-refractivity contribution >= 4 is 11.3 Å². The molecule has 1 unspecified atom stereocenters. The number of rotatable bonds is 0. The van der Waals surface area contributed by atoms with Crippen molar-refractivity contribution in [2.45, 2.75) is 32.9 Å². The molecule has 0 bridgehead atoms. The molecule has 15 heavy (non-hydrogen) atoms. The van der Waals surface area contributed by atoms with Gasteiger partial charge in [-0.05, 0) is 26.8 Å². The van der Waals surface area contributed by atoms with E-state index in [1.807, 2.05) is 49.3 Å². The van der Waals surface area contributed by atoms with Crippen LogP contribution in [0.3, 0.4) is 0 Å². The Morgan fingerprint density at radius 2 is 2.00 bits per heavy atom. The first-order valence-corrected chi connectivity index (χ1v) is 5.97. The van der Waals surface area contributed by atoms with E-state index < -0.39 is 11.3 Å². The van der Waals surface area contributed by atoms with E-state index in [1.54, 1.807) is 0 Å². The summed E-state index contributed by atoms with van der Waals surface area (Å²) in [6, 6.07) is 7.72. The van der Waals surface area contributed by atoms with E-state index in [4.69, 9.17) is 4.18 Å². The Hall–Kier alpha value is -0.870. The van der Waals surface area contributed by atoms with Gasteiger partial charge in [0.1, 0.15) is 5.75 Å². The highest BCUT2D eigenvalue weighted by Gasteiger charge is 2.32. The van der Waals surface area contributed by atoms with E-state index in [1.165, 1.54) is 0 Å². The molecule has 0 saturated carbocycles. The lowest BCUT2D eigenvalue weighted by molar-refractivity contribution is 0.227. The maximum atomic E-state index is 11.8. The third-order valence-electron chi connectivity index (χ3n) is 2.38. The average molecular weight is 225 g/mol. The first-order chi connectivity index (χ1) is 6.98. The van der Waals surface area contributed by atoms with E-state index in [2.05, 4.69) is 0 Å². The quantitative estimate of drug-likeness (QED) is 0.678. The molecule has 0 fully saturated rings. The highest BCUT2D eigenvalue weighted by atomic mass is 32.2. The molecule has 0 amide bonds. The Balaban J connectivity index is 2.34. The van der Waals surface area contributed by atoms with Crippen LogP contribution in [0.4, 0.5) is 0 Å². The summed E-state index contributed by atoms with van der Waals surface area (Å²) in [5.41, 5.74) is 0.935. The second kappa shape index (κ2) is 3.61. The normalized spacial score (nSPS) is 21.9. The van der Waals surface area contributed by atoms with Crippen LogP contribution in [0.5, 0.6) is 5.75 Å². The Kier molecular flexibility index (Phi) is 2.56. The smallest absolute Gasteiger partial charge is 0.291 e. The lowest BCUT2D eigenvalue weighted by Gasteiger charge is -2.36. The van der Waals surface area contributed by atoms with Crippen LogP contribution >= 0.6 is 0 Å². The zero-order chi connectivity index (χ0) is 11.1. The summed E-state index contributed by atoms with van der Waals surface area (Å²) in [6.07, 6.45) is 0. The zero-order valence-corrected chi connectivity index (χ0v) is 10.0. The van der Waals surface area contributed by atoms with Gasteiger partial charge in [0.15, 0.2) is 0 Å². The fourth-order valence-electron chi connectivity index (χ4n) is 1.51. The second-order valence-electron chi connectivity index (χ2n) is 4.62. The second-order valence-corrected chi connectivity index (χ2v) is 5.66. The maximum Gasteiger partial charge on any atom is 0.291 e. The molecule has 1 aliphatic rings. The molecule has 1 aromatic rings. The maximum absolute atomic E-state index is 11.8. The minimum atomic E-state index is -1.38. The summed E-state index contributed by atoms with van der Waals surface area (Å²) in [5.74, 6) is 0.733. The fourth-order valence-corrected chi connectivity index (χ4v) is 2.60. The van der Waals surface area contributed by atoms with Crippen molar-refractivity contribution in [1.29, 1.82) is 0 Å². The number of para-hydroxylation sites is 1. The molecule has 4 heteroatoms. The van der Waals surface area contributed by atoms with E-state index in [0.29, 0.717) is 6.54 Å². The monoisotopic (exact) mass is 225 g/mol. The molecule has 1 heterocycles.